The highest BCUT2D eigenvalue weighted by Gasteiger charge is 2.13. The van der Waals surface area contributed by atoms with Crippen molar-refractivity contribution in [1.82, 2.24) is 0 Å². The van der Waals surface area contributed by atoms with Crippen molar-refractivity contribution in [2.75, 3.05) is 18.7 Å². The van der Waals surface area contributed by atoms with Crippen LogP contribution in [-0.4, -0.2) is 27.2 Å². The van der Waals surface area contributed by atoms with Gasteiger partial charge in [-0.3, -0.25) is 0 Å². The van der Waals surface area contributed by atoms with Gasteiger partial charge in [-0.05, 0) is 30.7 Å². The minimum absolute atomic E-state index is 0.0861. The van der Waals surface area contributed by atoms with Crippen LogP contribution in [0.5, 0.6) is 5.75 Å². The summed E-state index contributed by atoms with van der Waals surface area (Å²) in [6, 6.07) is 6.35. The summed E-state index contributed by atoms with van der Waals surface area (Å²) in [4.78, 5) is 0.313. The summed E-state index contributed by atoms with van der Waals surface area (Å²) >= 11 is 5.46. The van der Waals surface area contributed by atoms with Gasteiger partial charge in [0.25, 0.3) is 0 Å². The lowest BCUT2D eigenvalue weighted by Crippen LogP contribution is -2.07. The minimum atomic E-state index is -3.19. The van der Waals surface area contributed by atoms with E-state index in [2.05, 4.69) is 0 Å². The Morgan fingerprint density at radius 2 is 1.87 bits per heavy atom. The van der Waals surface area contributed by atoms with E-state index in [4.69, 9.17) is 16.3 Å². The van der Waals surface area contributed by atoms with E-state index in [0.717, 1.165) is 0 Å². The van der Waals surface area contributed by atoms with Gasteiger partial charge in [-0.15, -0.1) is 11.6 Å². The Morgan fingerprint density at radius 3 is 2.33 bits per heavy atom. The Kier molecular flexibility index (Phi) is 4.42. The first-order valence-electron chi connectivity index (χ1n) is 4.53. The largest absolute Gasteiger partial charge is 0.497 e. The molecule has 3 nitrogen and oxygen atoms in total. The van der Waals surface area contributed by atoms with Gasteiger partial charge in [-0.2, -0.15) is 0 Å². The molecule has 0 amide bonds. The third kappa shape index (κ3) is 3.39. The number of ether oxygens (including phenoxy) is 1. The Balaban J connectivity index is 2.86. The summed E-state index contributed by atoms with van der Waals surface area (Å²) in [6.07, 6.45) is 0.468. The second-order valence-electron chi connectivity index (χ2n) is 3.04. The summed E-state index contributed by atoms with van der Waals surface area (Å²) in [5, 5.41) is 0. The van der Waals surface area contributed by atoms with Crippen molar-refractivity contribution >= 4 is 21.4 Å². The lowest BCUT2D eigenvalue weighted by Gasteiger charge is -2.04. The summed E-state index contributed by atoms with van der Waals surface area (Å²) in [5.74, 6) is 1.09. The van der Waals surface area contributed by atoms with E-state index in [0.29, 0.717) is 22.9 Å². The summed E-state index contributed by atoms with van der Waals surface area (Å²) in [6.45, 7) is 0. The van der Waals surface area contributed by atoms with Gasteiger partial charge in [0.05, 0.1) is 17.8 Å². The third-order valence-electron chi connectivity index (χ3n) is 1.97. The Labute approximate surface area is 94.9 Å². The first-order valence-corrected chi connectivity index (χ1v) is 6.71. The monoisotopic (exact) mass is 248 g/mol. The molecule has 5 heteroatoms. The molecule has 0 spiro atoms. The Bertz CT molecular complexity index is 397. The Hall–Kier alpha value is -0.740. The molecule has 0 aromatic heterocycles. The van der Waals surface area contributed by atoms with Gasteiger partial charge < -0.3 is 4.74 Å². The number of alkyl halides is 1. The molecule has 0 N–H and O–H groups in total. The maximum absolute atomic E-state index is 11.7. The Morgan fingerprint density at radius 1 is 1.27 bits per heavy atom. The average molecular weight is 249 g/mol. The van der Waals surface area contributed by atoms with Crippen LogP contribution in [0.15, 0.2) is 29.2 Å². The molecular weight excluding hydrogens is 236 g/mol. The maximum atomic E-state index is 11.7. The minimum Gasteiger partial charge on any atom is -0.497 e. The number of methoxy groups -OCH3 is 1. The molecule has 1 rings (SSSR count). The van der Waals surface area contributed by atoms with Crippen molar-refractivity contribution in [2.24, 2.45) is 0 Å². The molecule has 1 aromatic rings. The standard InChI is InChI=1S/C10H13ClO3S/c1-14-9-3-5-10(6-4-9)15(12,13)8-2-7-11/h3-6H,2,7-8H2,1H3. The quantitative estimate of drug-likeness (QED) is 0.750. The molecule has 0 heterocycles. The van der Waals surface area contributed by atoms with Crippen LogP contribution in [-0.2, 0) is 9.84 Å². The van der Waals surface area contributed by atoms with Gasteiger partial charge in [0.2, 0.25) is 0 Å². The number of hydrogen-bond acceptors (Lipinski definition) is 3. The summed E-state index contributed by atoms with van der Waals surface area (Å²) in [5.41, 5.74) is 0. The van der Waals surface area contributed by atoms with Crippen LogP contribution in [0.1, 0.15) is 6.42 Å². The molecular formula is C10H13ClO3S. The highest BCUT2D eigenvalue weighted by Crippen LogP contribution is 2.17. The van der Waals surface area contributed by atoms with Crippen LogP contribution in [0, 0.1) is 0 Å². The molecule has 0 fully saturated rings. The molecule has 1 aromatic carbocycles. The molecule has 0 saturated carbocycles. The fourth-order valence-corrected chi connectivity index (χ4v) is 2.75. The van der Waals surface area contributed by atoms with E-state index >= 15 is 0 Å². The van der Waals surface area contributed by atoms with Gasteiger partial charge in [-0.1, -0.05) is 0 Å². The fraction of sp³-hybridized carbons (Fsp3) is 0.400. The molecule has 0 atom stereocenters. The zero-order valence-electron chi connectivity index (χ0n) is 8.44. The lowest BCUT2D eigenvalue weighted by atomic mass is 10.3. The van der Waals surface area contributed by atoms with E-state index < -0.39 is 9.84 Å². The van der Waals surface area contributed by atoms with Crippen LogP contribution in [0.4, 0.5) is 0 Å². The topological polar surface area (TPSA) is 43.4 Å². The van der Waals surface area contributed by atoms with Gasteiger partial charge in [0.15, 0.2) is 9.84 Å². The number of hydrogen-bond donors (Lipinski definition) is 0. The normalized spacial score (nSPS) is 11.3. The van der Waals surface area contributed by atoms with Crippen LogP contribution in [0.2, 0.25) is 0 Å². The molecule has 0 unspecified atom stereocenters. The van der Waals surface area contributed by atoms with Crippen molar-refractivity contribution in [3.05, 3.63) is 24.3 Å². The van der Waals surface area contributed by atoms with Gasteiger partial charge >= 0.3 is 0 Å². The SMILES string of the molecule is COc1ccc(S(=O)(=O)CCCCl)cc1. The second-order valence-corrected chi connectivity index (χ2v) is 5.52. The zero-order chi connectivity index (χ0) is 11.3. The molecule has 84 valence electrons. The van der Waals surface area contributed by atoms with Crippen molar-refractivity contribution in [3.8, 4) is 5.75 Å². The molecule has 0 saturated heterocycles. The first kappa shape index (κ1) is 12.3. The van der Waals surface area contributed by atoms with E-state index in [9.17, 15) is 8.42 Å². The highest BCUT2D eigenvalue weighted by molar-refractivity contribution is 7.91. The van der Waals surface area contributed by atoms with Crippen LogP contribution in [0.25, 0.3) is 0 Å². The van der Waals surface area contributed by atoms with Crippen LogP contribution >= 0.6 is 11.6 Å². The number of rotatable bonds is 5. The number of halogens is 1. The smallest absolute Gasteiger partial charge is 0.178 e. The zero-order valence-corrected chi connectivity index (χ0v) is 10.0. The predicted octanol–water partition coefficient (Wildman–Crippen LogP) is 2.10. The maximum Gasteiger partial charge on any atom is 0.178 e. The van der Waals surface area contributed by atoms with Crippen molar-refractivity contribution in [3.63, 3.8) is 0 Å². The van der Waals surface area contributed by atoms with E-state index in [1.165, 1.54) is 7.11 Å². The third-order valence-corrected chi connectivity index (χ3v) is 4.05. The fourth-order valence-electron chi connectivity index (χ4n) is 1.15. The average Bonchev–Trinajstić information content (AvgIpc) is 2.26. The second kappa shape index (κ2) is 5.37. The van der Waals surface area contributed by atoms with Crippen molar-refractivity contribution in [2.45, 2.75) is 11.3 Å². The van der Waals surface area contributed by atoms with Gasteiger partial charge in [0.1, 0.15) is 5.75 Å². The molecule has 0 radical (unpaired) electrons. The van der Waals surface area contributed by atoms with Crippen LogP contribution in [0.3, 0.4) is 0 Å². The highest BCUT2D eigenvalue weighted by atomic mass is 35.5. The van der Waals surface area contributed by atoms with E-state index in [-0.39, 0.29) is 5.75 Å². The number of sulfone groups is 1. The molecule has 15 heavy (non-hydrogen) atoms. The van der Waals surface area contributed by atoms with Crippen LogP contribution < -0.4 is 4.74 Å². The summed E-state index contributed by atoms with van der Waals surface area (Å²) in [7, 11) is -1.65. The van der Waals surface area contributed by atoms with Crippen molar-refractivity contribution < 1.29 is 13.2 Å². The van der Waals surface area contributed by atoms with E-state index in [1.54, 1.807) is 24.3 Å². The molecule has 0 aliphatic carbocycles. The molecule has 0 aliphatic heterocycles. The lowest BCUT2D eigenvalue weighted by molar-refractivity contribution is 0.414. The number of benzene rings is 1. The summed E-state index contributed by atoms with van der Waals surface area (Å²) < 4.78 is 28.3. The predicted molar refractivity (Wildman–Crippen MR) is 60.4 cm³/mol. The molecule has 0 bridgehead atoms. The van der Waals surface area contributed by atoms with Gasteiger partial charge in [-0.25, -0.2) is 8.42 Å². The first-order chi connectivity index (χ1) is 7.10. The van der Waals surface area contributed by atoms with Gasteiger partial charge in [0, 0.05) is 5.88 Å². The van der Waals surface area contributed by atoms with E-state index in [1.807, 2.05) is 0 Å². The molecule has 0 aliphatic rings. The van der Waals surface area contributed by atoms with Crippen molar-refractivity contribution in [1.29, 1.82) is 0 Å².